The fourth-order valence-corrected chi connectivity index (χ4v) is 4.56. The Morgan fingerprint density at radius 1 is 1.16 bits per heavy atom. The van der Waals surface area contributed by atoms with Gasteiger partial charge < -0.3 is 10.5 Å². The van der Waals surface area contributed by atoms with Crippen LogP contribution in [0, 0.1) is 5.41 Å². The van der Waals surface area contributed by atoms with Gasteiger partial charge in [-0.2, -0.15) is 5.10 Å². The lowest BCUT2D eigenvalue weighted by Gasteiger charge is -2.50. The second kappa shape index (κ2) is 4.78. The number of primary amides is 1. The van der Waals surface area contributed by atoms with E-state index >= 15 is 0 Å². The molecule has 2 saturated carbocycles. The van der Waals surface area contributed by atoms with Gasteiger partial charge in [0.15, 0.2) is 0 Å². The summed E-state index contributed by atoms with van der Waals surface area (Å²) in [7, 11) is 0. The number of amides is 2. The Bertz CT molecular complexity index is 393. The number of carbonyl (C=O) groups excluding carboxylic acids is 1. The highest BCUT2D eigenvalue weighted by Crippen LogP contribution is 2.58. The number of fused-ring (bicyclic) bond motifs is 1. The SMILES string of the molecule is NC(=O)N/N=C1/CCCC2(CCCC2)[C@]12CCCO2. The number of urea groups is 1. The predicted octanol–water partition coefficient (Wildman–Crippen LogP) is 2.30. The first-order chi connectivity index (χ1) is 9.19. The standard InChI is InChI=1S/C14H23N3O2/c15-12(18)17-16-11-5-3-8-13(6-1-2-7-13)14(11)9-4-10-19-14/h1-10H2,(H3,15,17,18)/b16-11-/t14-/m0/s1. The number of carbonyl (C=O) groups is 1. The Morgan fingerprint density at radius 2 is 1.89 bits per heavy atom. The van der Waals surface area contributed by atoms with Crippen LogP contribution in [0.1, 0.15) is 57.8 Å². The van der Waals surface area contributed by atoms with Crippen molar-refractivity contribution >= 4 is 11.7 Å². The molecular weight excluding hydrogens is 242 g/mol. The third-order valence-electron chi connectivity index (χ3n) is 5.28. The van der Waals surface area contributed by atoms with E-state index in [1.807, 2.05) is 0 Å². The molecule has 0 aromatic rings. The van der Waals surface area contributed by atoms with Crippen LogP contribution in [0.25, 0.3) is 0 Å². The highest BCUT2D eigenvalue weighted by atomic mass is 16.5. The van der Waals surface area contributed by atoms with E-state index in [-0.39, 0.29) is 11.0 Å². The normalized spacial score (nSPS) is 35.3. The van der Waals surface area contributed by atoms with E-state index < -0.39 is 6.03 Å². The van der Waals surface area contributed by atoms with Crippen LogP contribution in [0.3, 0.4) is 0 Å². The molecule has 1 aliphatic heterocycles. The van der Waals surface area contributed by atoms with Crippen molar-refractivity contribution in [3.8, 4) is 0 Å². The van der Waals surface area contributed by atoms with Crippen molar-refractivity contribution in [2.75, 3.05) is 6.61 Å². The molecule has 0 bridgehead atoms. The van der Waals surface area contributed by atoms with Crippen LogP contribution >= 0.6 is 0 Å². The Kier molecular flexibility index (Phi) is 3.25. The van der Waals surface area contributed by atoms with Gasteiger partial charge in [-0.25, -0.2) is 10.2 Å². The largest absolute Gasteiger partial charge is 0.368 e. The molecule has 5 nitrogen and oxygen atoms in total. The summed E-state index contributed by atoms with van der Waals surface area (Å²) in [6.45, 7) is 0.817. The van der Waals surface area contributed by atoms with E-state index in [2.05, 4.69) is 10.5 Å². The maximum Gasteiger partial charge on any atom is 0.332 e. The zero-order valence-electron chi connectivity index (χ0n) is 11.4. The minimum Gasteiger partial charge on any atom is -0.368 e. The smallest absolute Gasteiger partial charge is 0.332 e. The minimum absolute atomic E-state index is 0.218. The number of hydrazone groups is 1. The summed E-state index contributed by atoms with van der Waals surface area (Å²) in [6.07, 6.45) is 10.5. The molecular formula is C14H23N3O2. The Balaban J connectivity index is 1.95. The topological polar surface area (TPSA) is 76.7 Å². The van der Waals surface area contributed by atoms with Gasteiger partial charge in [0, 0.05) is 12.0 Å². The molecule has 19 heavy (non-hydrogen) atoms. The van der Waals surface area contributed by atoms with Gasteiger partial charge in [-0.3, -0.25) is 0 Å². The van der Waals surface area contributed by atoms with Crippen LogP contribution < -0.4 is 11.2 Å². The molecule has 0 radical (unpaired) electrons. The van der Waals surface area contributed by atoms with E-state index in [1.54, 1.807) is 0 Å². The maximum atomic E-state index is 10.9. The van der Waals surface area contributed by atoms with Crippen LogP contribution in [0.4, 0.5) is 4.79 Å². The Morgan fingerprint density at radius 3 is 2.53 bits per heavy atom. The zero-order valence-corrected chi connectivity index (χ0v) is 11.4. The lowest BCUT2D eigenvalue weighted by atomic mass is 9.60. The highest BCUT2D eigenvalue weighted by molar-refractivity contribution is 5.95. The van der Waals surface area contributed by atoms with Gasteiger partial charge in [0.25, 0.3) is 0 Å². The number of nitrogens with zero attached hydrogens (tertiary/aromatic N) is 1. The number of hydrogen-bond donors (Lipinski definition) is 2. The number of nitrogens with one attached hydrogen (secondary N) is 1. The van der Waals surface area contributed by atoms with Crippen molar-refractivity contribution in [1.29, 1.82) is 0 Å². The van der Waals surface area contributed by atoms with Gasteiger partial charge >= 0.3 is 6.03 Å². The fraction of sp³-hybridized carbons (Fsp3) is 0.857. The number of rotatable bonds is 1. The lowest BCUT2D eigenvalue weighted by molar-refractivity contribution is -0.0613. The number of nitrogens with two attached hydrogens (primary N) is 1. The van der Waals surface area contributed by atoms with Gasteiger partial charge in [0.1, 0.15) is 5.60 Å². The molecule has 3 rings (SSSR count). The summed E-state index contributed by atoms with van der Waals surface area (Å²) in [5.41, 5.74) is 8.63. The molecule has 3 fully saturated rings. The lowest BCUT2D eigenvalue weighted by Crippen LogP contribution is -2.56. The predicted molar refractivity (Wildman–Crippen MR) is 72.8 cm³/mol. The summed E-state index contributed by atoms with van der Waals surface area (Å²) >= 11 is 0. The van der Waals surface area contributed by atoms with Crippen molar-refractivity contribution in [1.82, 2.24) is 5.43 Å². The van der Waals surface area contributed by atoms with Gasteiger partial charge in [-0.15, -0.1) is 0 Å². The summed E-state index contributed by atoms with van der Waals surface area (Å²) in [5, 5.41) is 4.30. The first-order valence-corrected chi connectivity index (χ1v) is 7.45. The summed E-state index contributed by atoms with van der Waals surface area (Å²) < 4.78 is 6.24. The second-order valence-electron chi connectivity index (χ2n) is 6.15. The van der Waals surface area contributed by atoms with Crippen LogP contribution in [0.2, 0.25) is 0 Å². The first kappa shape index (κ1) is 12.9. The van der Waals surface area contributed by atoms with Crippen LogP contribution in [-0.4, -0.2) is 24.0 Å². The average Bonchev–Trinajstić information content (AvgIpc) is 3.02. The molecule has 3 N–H and O–H groups in total. The summed E-state index contributed by atoms with van der Waals surface area (Å²) in [5.74, 6) is 0. The molecule has 106 valence electrons. The molecule has 1 saturated heterocycles. The van der Waals surface area contributed by atoms with Gasteiger partial charge in [0.2, 0.25) is 0 Å². The van der Waals surface area contributed by atoms with Crippen LogP contribution in [-0.2, 0) is 4.74 Å². The van der Waals surface area contributed by atoms with Crippen molar-refractivity contribution in [3.63, 3.8) is 0 Å². The summed E-state index contributed by atoms with van der Waals surface area (Å²) in [6, 6.07) is -0.591. The molecule has 5 heteroatoms. The zero-order chi connectivity index (χ0) is 13.3. The quantitative estimate of drug-likeness (QED) is 0.714. The molecule has 2 amide bonds. The monoisotopic (exact) mass is 265 g/mol. The average molecular weight is 265 g/mol. The van der Waals surface area contributed by atoms with Crippen molar-refractivity contribution in [2.24, 2.45) is 16.3 Å². The molecule has 0 aromatic carbocycles. The van der Waals surface area contributed by atoms with E-state index in [0.29, 0.717) is 0 Å². The second-order valence-corrected chi connectivity index (χ2v) is 6.15. The third kappa shape index (κ3) is 1.95. The maximum absolute atomic E-state index is 10.9. The molecule has 1 heterocycles. The number of ether oxygens (including phenoxy) is 1. The Labute approximate surface area is 113 Å². The Hall–Kier alpha value is -1.10. The first-order valence-electron chi connectivity index (χ1n) is 7.45. The highest BCUT2D eigenvalue weighted by Gasteiger charge is 2.59. The van der Waals surface area contributed by atoms with Gasteiger partial charge in [0.05, 0.1) is 5.71 Å². The summed E-state index contributed by atoms with van der Waals surface area (Å²) in [4.78, 5) is 10.9. The van der Waals surface area contributed by atoms with Crippen molar-refractivity contribution < 1.29 is 9.53 Å². The van der Waals surface area contributed by atoms with E-state index in [1.165, 1.54) is 32.1 Å². The molecule has 0 unspecified atom stereocenters. The van der Waals surface area contributed by atoms with Gasteiger partial charge in [-0.1, -0.05) is 12.8 Å². The van der Waals surface area contributed by atoms with E-state index in [9.17, 15) is 4.79 Å². The van der Waals surface area contributed by atoms with Crippen molar-refractivity contribution in [3.05, 3.63) is 0 Å². The molecule has 3 aliphatic rings. The van der Waals surface area contributed by atoms with E-state index in [0.717, 1.165) is 38.0 Å². The minimum atomic E-state index is -0.591. The molecule has 2 aliphatic carbocycles. The molecule has 2 spiro atoms. The molecule has 0 aromatic heterocycles. The number of hydrogen-bond acceptors (Lipinski definition) is 3. The van der Waals surface area contributed by atoms with Gasteiger partial charge in [-0.05, 0) is 44.9 Å². The fourth-order valence-electron chi connectivity index (χ4n) is 4.56. The van der Waals surface area contributed by atoms with Crippen LogP contribution in [0.15, 0.2) is 5.10 Å². The molecule has 1 atom stereocenters. The third-order valence-corrected chi connectivity index (χ3v) is 5.28. The van der Waals surface area contributed by atoms with Crippen molar-refractivity contribution in [2.45, 2.75) is 63.4 Å². The van der Waals surface area contributed by atoms with E-state index in [4.69, 9.17) is 10.5 Å². The van der Waals surface area contributed by atoms with Crippen LogP contribution in [0.5, 0.6) is 0 Å².